The van der Waals surface area contributed by atoms with Crippen LogP contribution in [0.4, 0.5) is 0 Å². The van der Waals surface area contributed by atoms with Gasteiger partial charge in [-0.2, -0.15) is 0 Å². The second kappa shape index (κ2) is 5.69. The van der Waals surface area contributed by atoms with Crippen molar-refractivity contribution in [2.45, 2.75) is 20.0 Å². The van der Waals surface area contributed by atoms with Gasteiger partial charge in [-0.15, -0.1) is 0 Å². The Morgan fingerprint density at radius 2 is 2.33 bits per heavy atom. The van der Waals surface area contributed by atoms with Crippen molar-refractivity contribution in [2.24, 2.45) is 0 Å². The Hall–Kier alpha value is -1.81. The summed E-state index contributed by atoms with van der Waals surface area (Å²) >= 11 is 0. The summed E-state index contributed by atoms with van der Waals surface area (Å²) in [6.45, 7) is 2.48. The minimum atomic E-state index is -0.302. The molecule has 0 atom stereocenters. The number of carbonyl (C=O) groups excluding carboxylic acids is 1. The number of hydrogen-bond acceptors (Lipinski definition) is 4. The van der Waals surface area contributed by atoms with E-state index in [0.29, 0.717) is 31.0 Å². The first-order chi connectivity index (χ1) is 8.76. The van der Waals surface area contributed by atoms with Gasteiger partial charge in [-0.05, 0) is 13.0 Å². The van der Waals surface area contributed by atoms with E-state index in [4.69, 9.17) is 9.47 Å². The SMILES string of the molecule is CCOC(=O)C1=Cc2cccc(CO)c2OCC1. The largest absolute Gasteiger partial charge is 0.492 e. The second-order valence-corrected chi connectivity index (χ2v) is 3.98. The number of aliphatic hydroxyl groups excluding tert-OH is 1. The van der Waals surface area contributed by atoms with E-state index in [1.54, 1.807) is 13.0 Å². The van der Waals surface area contributed by atoms with E-state index in [0.717, 1.165) is 11.1 Å². The summed E-state index contributed by atoms with van der Waals surface area (Å²) in [4.78, 5) is 11.7. The van der Waals surface area contributed by atoms with Gasteiger partial charge in [-0.1, -0.05) is 18.2 Å². The van der Waals surface area contributed by atoms with Crippen molar-refractivity contribution in [3.05, 3.63) is 34.9 Å². The number of rotatable bonds is 3. The Labute approximate surface area is 106 Å². The lowest BCUT2D eigenvalue weighted by Gasteiger charge is -2.09. The molecule has 1 aromatic rings. The number of para-hydroxylation sites is 1. The summed E-state index contributed by atoms with van der Waals surface area (Å²) in [6, 6.07) is 5.50. The van der Waals surface area contributed by atoms with Crippen LogP contribution >= 0.6 is 0 Å². The summed E-state index contributed by atoms with van der Waals surface area (Å²) in [6.07, 6.45) is 2.29. The highest BCUT2D eigenvalue weighted by atomic mass is 16.5. The molecule has 0 aromatic heterocycles. The molecule has 0 spiro atoms. The van der Waals surface area contributed by atoms with Crippen LogP contribution in [0.15, 0.2) is 23.8 Å². The summed E-state index contributed by atoms with van der Waals surface area (Å²) in [5.74, 6) is 0.350. The van der Waals surface area contributed by atoms with Gasteiger partial charge in [0, 0.05) is 23.1 Å². The van der Waals surface area contributed by atoms with Crippen LogP contribution in [-0.2, 0) is 16.1 Å². The third-order valence-corrected chi connectivity index (χ3v) is 2.78. The van der Waals surface area contributed by atoms with E-state index in [1.807, 2.05) is 18.2 Å². The molecule has 1 aliphatic rings. The average Bonchev–Trinajstić information content (AvgIpc) is 2.60. The van der Waals surface area contributed by atoms with Gasteiger partial charge < -0.3 is 14.6 Å². The molecule has 0 saturated heterocycles. The Bertz CT molecular complexity index is 477. The minimum Gasteiger partial charge on any atom is -0.492 e. The number of benzene rings is 1. The summed E-state index contributed by atoms with van der Waals surface area (Å²) in [5.41, 5.74) is 2.14. The molecule has 0 radical (unpaired) electrons. The van der Waals surface area contributed by atoms with Crippen molar-refractivity contribution < 1.29 is 19.4 Å². The normalized spacial score (nSPS) is 14.0. The predicted octanol–water partition coefficient (Wildman–Crippen LogP) is 1.91. The quantitative estimate of drug-likeness (QED) is 0.830. The van der Waals surface area contributed by atoms with Crippen LogP contribution in [0.3, 0.4) is 0 Å². The highest BCUT2D eigenvalue weighted by Gasteiger charge is 2.17. The topological polar surface area (TPSA) is 55.8 Å². The second-order valence-electron chi connectivity index (χ2n) is 3.98. The standard InChI is InChI=1S/C14H16O4/c1-2-17-14(16)11-6-7-18-13-10(8-11)4-3-5-12(13)9-15/h3-5,8,15H,2,6-7,9H2,1H3. The zero-order chi connectivity index (χ0) is 13.0. The van der Waals surface area contributed by atoms with E-state index in [9.17, 15) is 9.90 Å². The molecule has 96 valence electrons. The fourth-order valence-corrected chi connectivity index (χ4v) is 1.93. The lowest BCUT2D eigenvalue weighted by molar-refractivity contribution is -0.138. The third kappa shape index (κ3) is 2.54. The third-order valence-electron chi connectivity index (χ3n) is 2.78. The molecule has 0 saturated carbocycles. The van der Waals surface area contributed by atoms with Crippen LogP contribution in [0, 0.1) is 0 Å². The van der Waals surface area contributed by atoms with Crippen molar-refractivity contribution in [3.63, 3.8) is 0 Å². The first-order valence-electron chi connectivity index (χ1n) is 5.99. The number of aliphatic hydroxyl groups is 1. The van der Waals surface area contributed by atoms with Crippen molar-refractivity contribution >= 4 is 12.0 Å². The van der Waals surface area contributed by atoms with Gasteiger partial charge in [0.05, 0.1) is 19.8 Å². The first-order valence-corrected chi connectivity index (χ1v) is 5.99. The van der Waals surface area contributed by atoms with Crippen LogP contribution in [0.25, 0.3) is 6.08 Å². The number of esters is 1. The zero-order valence-electron chi connectivity index (χ0n) is 10.3. The van der Waals surface area contributed by atoms with E-state index < -0.39 is 0 Å². The maximum atomic E-state index is 11.7. The van der Waals surface area contributed by atoms with Crippen LogP contribution in [0.5, 0.6) is 5.75 Å². The number of ether oxygens (including phenoxy) is 2. The van der Waals surface area contributed by atoms with Gasteiger partial charge in [-0.3, -0.25) is 0 Å². The molecular weight excluding hydrogens is 232 g/mol. The molecular formula is C14H16O4. The van der Waals surface area contributed by atoms with Crippen LogP contribution in [-0.4, -0.2) is 24.3 Å². The van der Waals surface area contributed by atoms with E-state index in [1.165, 1.54) is 0 Å². The highest BCUT2D eigenvalue weighted by Crippen LogP contribution is 2.30. The summed E-state index contributed by atoms with van der Waals surface area (Å²) in [7, 11) is 0. The van der Waals surface area contributed by atoms with Crippen molar-refractivity contribution in [1.29, 1.82) is 0 Å². The zero-order valence-corrected chi connectivity index (χ0v) is 10.3. The smallest absolute Gasteiger partial charge is 0.334 e. The molecule has 0 bridgehead atoms. The molecule has 0 fully saturated rings. The fourth-order valence-electron chi connectivity index (χ4n) is 1.93. The van der Waals surface area contributed by atoms with Crippen LogP contribution < -0.4 is 4.74 Å². The van der Waals surface area contributed by atoms with Crippen LogP contribution in [0.2, 0.25) is 0 Å². The predicted molar refractivity (Wildman–Crippen MR) is 67.1 cm³/mol. The Kier molecular flexibility index (Phi) is 3.99. The van der Waals surface area contributed by atoms with Crippen molar-refractivity contribution in [2.75, 3.05) is 13.2 Å². The highest BCUT2D eigenvalue weighted by molar-refractivity contribution is 5.94. The molecule has 1 aromatic carbocycles. The number of fused-ring (bicyclic) bond motifs is 1. The molecule has 1 N–H and O–H groups in total. The lowest BCUT2D eigenvalue weighted by Crippen LogP contribution is -2.09. The monoisotopic (exact) mass is 248 g/mol. The Morgan fingerprint density at radius 1 is 1.50 bits per heavy atom. The van der Waals surface area contributed by atoms with E-state index in [2.05, 4.69) is 0 Å². The minimum absolute atomic E-state index is 0.0776. The molecule has 18 heavy (non-hydrogen) atoms. The van der Waals surface area contributed by atoms with Crippen molar-refractivity contribution in [1.82, 2.24) is 0 Å². The molecule has 2 rings (SSSR count). The van der Waals surface area contributed by atoms with Crippen LogP contribution in [0.1, 0.15) is 24.5 Å². The van der Waals surface area contributed by atoms with Gasteiger partial charge in [0.25, 0.3) is 0 Å². The molecule has 1 heterocycles. The van der Waals surface area contributed by atoms with Gasteiger partial charge in [-0.25, -0.2) is 4.79 Å². The van der Waals surface area contributed by atoms with E-state index >= 15 is 0 Å². The Balaban J connectivity index is 2.36. The van der Waals surface area contributed by atoms with E-state index in [-0.39, 0.29) is 12.6 Å². The van der Waals surface area contributed by atoms with Gasteiger partial charge in [0.1, 0.15) is 5.75 Å². The summed E-state index contributed by atoms with van der Waals surface area (Å²) < 4.78 is 10.6. The number of hydrogen-bond donors (Lipinski definition) is 1. The summed E-state index contributed by atoms with van der Waals surface area (Å²) in [5, 5.41) is 9.25. The van der Waals surface area contributed by atoms with Gasteiger partial charge in [0.2, 0.25) is 0 Å². The molecule has 1 aliphatic heterocycles. The van der Waals surface area contributed by atoms with Gasteiger partial charge in [0.15, 0.2) is 0 Å². The molecule has 0 amide bonds. The van der Waals surface area contributed by atoms with Gasteiger partial charge >= 0.3 is 5.97 Å². The molecule has 0 aliphatic carbocycles. The maximum absolute atomic E-state index is 11.7. The maximum Gasteiger partial charge on any atom is 0.334 e. The average molecular weight is 248 g/mol. The fraction of sp³-hybridized carbons (Fsp3) is 0.357. The first kappa shape index (κ1) is 12.6. The Morgan fingerprint density at radius 3 is 3.06 bits per heavy atom. The molecule has 4 heteroatoms. The molecule has 4 nitrogen and oxygen atoms in total. The number of carbonyl (C=O) groups is 1. The lowest BCUT2D eigenvalue weighted by atomic mass is 10.1. The molecule has 0 unspecified atom stereocenters. The van der Waals surface area contributed by atoms with Crippen molar-refractivity contribution in [3.8, 4) is 5.75 Å².